The van der Waals surface area contributed by atoms with Crippen LogP contribution >= 0.6 is 0 Å². The summed E-state index contributed by atoms with van der Waals surface area (Å²) < 4.78 is 5.59. The Balaban J connectivity index is 1.45. The maximum Gasteiger partial charge on any atom is 0.315 e. The molecule has 26 heavy (non-hydrogen) atoms. The van der Waals surface area contributed by atoms with Crippen molar-refractivity contribution in [2.45, 2.75) is 32.7 Å². The van der Waals surface area contributed by atoms with E-state index in [1.807, 2.05) is 30.3 Å². The molecule has 3 rings (SSSR count). The zero-order valence-corrected chi connectivity index (χ0v) is 15.1. The average Bonchev–Trinajstić information content (AvgIpc) is 2.66. The van der Waals surface area contributed by atoms with Crippen molar-refractivity contribution in [1.82, 2.24) is 20.5 Å². The summed E-state index contributed by atoms with van der Waals surface area (Å²) in [5.74, 6) is 0. The Kier molecular flexibility index (Phi) is 6.57. The van der Waals surface area contributed by atoms with Gasteiger partial charge in [0.1, 0.15) is 0 Å². The fourth-order valence-corrected chi connectivity index (χ4v) is 3.05. The first kappa shape index (κ1) is 18.4. The molecule has 2 heterocycles. The molecule has 0 bridgehead atoms. The van der Waals surface area contributed by atoms with Crippen molar-refractivity contribution in [2.75, 3.05) is 19.7 Å². The lowest BCUT2D eigenvalue weighted by molar-refractivity contribution is -0.0212. The molecular weight excluding hydrogens is 328 g/mol. The van der Waals surface area contributed by atoms with Gasteiger partial charge in [0.15, 0.2) is 0 Å². The van der Waals surface area contributed by atoms with E-state index in [1.54, 1.807) is 6.20 Å². The normalized spacial score (nSPS) is 17.7. The second kappa shape index (κ2) is 9.31. The average molecular weight is 354 g/mol. The molecule has 138 valence electrons. The van der Waals surface area contributed by atoms with Crippen molar-refractivity contribution in [1.29, 1.82) is 0 Å². The standard InChI is InChI=1S/C20H26N4O2/c1-16-14-24(9-10-26-16)15-18-6-4-5-17(11-18)12-22-20(25)23-13-19-7-2-3-8-21-19/h2-8,11,16H,9-10,12-15H2,1H3,(H2,22,23,25)/t16-/m1/s1. The number of morpholine rings is 1. The lowest BCUT2D eigenvalue weighted by Gasteiger charge is -2.31. The van der Waals surface area contributed by atoms with Gasteiger partial charge >= 0.3 is 6.03 Å². The van der Waals surface area contributed by atoms with Gasteiger partial charge in [-0.3, -0.25) is 9.88 Å². The predicted molar refractivity (Wildman–Crippen MR) is 100 cm³/mol. The SMILES string of the molecule is C[C@@H]1CN(Cc2cccc(CNC(=O)NCc3ccccn3)c2)CCO1. The molecule has 1 saturated heterocycles. The second-order valence-corrected chi connectivity index (χ2v) is 6.59. The molecule has 0 spiro atoms. The second-order valence-electron chi connectivity index (χ2n) is 6.59. The van der Waals surface area contributed by atoms with Crippen LogP contribution in [-0.4, -0.2) is 41.7 Å². The summed E-state index contributed by atoms with van der Waals surface area (Å²) >= 11 is 0. The largest absolute Gasteiger partial charge is 0.376 e. The third-order valence-corrected chi connectivity index (χ3v) is 4.33. The van der Waals surface area contributed by atoms with E-state index in [2.05, 4.69) is 39.6 Å². The first-order valence-corrected chi connectivity index (χ1v) is 9.02. The Morgan fingerprint density at radius 1 is 1.19 bits per heavy atom. The van der Waals surface area contributed by atoms with Gasteiger partial charge in [0.05, 0.1) is 24.9 Å². The van der Waals surface area contributed by atoms with E-state index in [9.17, 15) is 4.79 Å². The van der Waals surface area contributed by atoms with E-state index in [1.165, 1.54) is 5.56 Å². The molecule has 1 atom stereocenters. The molecule has 1 aliphatic heterocycles. The number of nitrogens with zero attached hydrogens (tertiary/aromatic N) is 2. The van der Waals surface area contributed by atoms with Crippen molar-refractivity contribution in [2.24, 2.45) is 0 Å². The van der Waals surface area contributed by atoms with Crippen molar-refractivity contribution < 1.29 is 9.53 Å². The molecule has 2 N–H and O–H groups in total. The Morgan fingerprint density at radius 2 is 2.04 bits per heavy atom. The third kappa shape index (κ3) is 5.82. The van der Waals surface area contributed by atoms with Crippen molar-refractivity contribution >= 4 is 6.03 Å². The number of pyridine rings is 1. The number of urea groups is 1. The van der Waals surface area contributed by atoms with Crippen LogP contribution in [0, 0.1) is 0 Å². The molecule has 6 heteroatoms. The van der Waals surface area contributed by atoms with Gasteiger partial charge in [-0.25, -0.2) is 4.79 Å². The minimum atomic E-state index is -0.192. The number of nitrogens with one attached hydrogen (secondary N) is 2. The predicted octanol–water partition coefficient (Wildman–Crippen LogP) is 2.30. The number of rotatable bonds is 6. The van der Waals surface area contributed by atoms with E-state index in [0.29, 0.717) is 13.1 Å². The van der Waals surface area contributed by atoms with Crippen molar-refractivity contribution in [3.05, 3.63) is 65.5 Å². The zero-order valence-electron chi connectivity index (χ0n) is 15.1. The number of aromatic nitrogens is 1. The maximum atomic E-state index is 12.0. The van der Waals surface area contributed by atoms with Gasteiger partial charge in [-0.1, -0.05) is 30.3 Å². The van der Waals surface area contributed by atoms with Gasteiger partial charge in [0, 0.05) is 32.4 Å². The number of carbonyl (C=O) groups is 1. The monoisotopic (exact) mass is 354 g/mol. The molecule has 1 fully saturated rings. The molecule has 1 aromatic carbocycles. The maximum absolute atomic E-state index is 12.0. The highest BCUT2D eigenvalue weighted by molar-refractivity contribution is 5.73. The Labute approximate surface area is 154 Å². The molecule has 0 radical (unpaired) electrons. The number of benzene rings is 1. The molecule has 2 amide bonds. The van der Waals surface area contributed by atoms with Crippen molar-refractivity contribution in [3.8, 4) is 0 Å². The number of hydrogen-bond donors (Lipinski definition) is 2. The topological polar surface area (TPSA) is 66.5 Å². The summed E-state index contributed by atoms with van der Waals surface area (Å²) in [6.45, 7) is 6.65. The van der Waals surface area contributed by atoms with Crippen LogP contribution in [-0.2, 0) is 24.4 Å². The molecule has 0 unspecified atom stereocenters. The van der Waals surface area contributed by atoms with Crippen LogP contribution in [0.15, 0.2) is 48.7 Å². The zero-order chi connectivity index (χ0) is 18.2. The number of carbonyl (C=O) groups excluding carboxylic acids is 1. The molecule has 0 aliphatic carbocycles. The summed E-state index contributed by atoms with van der Waals surface area (Å²) in [5, 5.41) is 5.72. The van der Waals surface area contributed by atoms with E-state index in [-0.39, 0.29) is 12.1 Å². The van der Waals surface area contributed by atoms with E-state index < -0.39 is 0 Å². The number of amides is 2. The quantitative estimate of drug-likeness (QED) is 0.835. The minimum absolute atomic E-state index is 0.192. The number of hydrogen-bond acceptors (Lipinski definition) is 4. The summed E-state index contributed by atoms with van der Waals surface area (Å²) in [7, 11) is 0. The molecule has 0 saturated carbocycles. The lowest BCUT2D eigenvalue weighted by Crippen LogP contribution is -2.40. The minimum Gasteiger partial charge on any atom is -0.376 e. The van der Waals surface area contributed by atoms with Gasteiger partial charge < -0.3 is 15.4 Å². The summed E-state index contributed by atoms with van der Waals surface area (Å²) in [5.41, 5.74) is 3.19. The summed E-state index contributed by atoms with van der Waals surface area (Å²) in [4.78, 5) is 18.5. The van der Waals surface area contributed by atoms with Gasteiger partial charge in [0.25, 0.3) is 0 Å². The fraction of sp³-hybridized carbons (Fsp3) is 0.400. The van der Waals surface area contributed by atoms with Crippen LogP contribution in [0.25, 0.3) is 0 Å². The van der Waals surface area contributed by atoms with Crippen LogP contribution in [0.4, 0.5) is 4.79 Å². The first-order chi connectivity index (χ1) is 12.7. The summed E-state index contributed by atoms with van der Waals surface area (Å²) in [6, 6.07) is 13.8. The smallest absolute Gasteiger partial charge is 0.315 e. The highest BCUT2D eigenvalue weighted by Gasteiger charge is 2.16. The van der Waals surface area contributed by atoms with E-state index >= 15 is 0 Å². The highest BCUT2D eigenvalue weighted by Crippen LogP contribution is 2.12. The molecule has 2 aromatic rings. The fourth-order valence-electron chi connectivity index (χ4n) is 3.05. The molecular formula is C20H26N4O2. The van der Waals surface area contributed by atoms with Crippen LogP contribution < -0.4 is 10.6 Å². The van der Waals surface area contributed by atoms with Gasteiger partial charge in [-0.15, -0.1) is 0 Å². The van der Waals surface area contributed by atoms with Crippen LogP contribution in [0.5, 0.6) is 0 Å². The van der Waals surface area contributed by atoms with Crippen LogP contribution in [0.1, 0.15) is 23.7 Å². The Morgan fingerprint density at radius 3 is 2.85 bits per heavy atom. The molecule has 1 aliphatic rings. The van der Waals surface area contributed by atoms with E-state index in [4.69, 9.17) is 4.74 Å². The Bertz CT molecular complexity index is 708. The van der Waals surface area contributed by atoms with Crippen LogP contribution in [0.3, 0.4) is 0 Å². The van der Waals surface area contributed by atoms with Crippen LogP contribution in [0.2, 0.25) is 0 Å². The summed E-state index contributed by atoms with van der Waals surface area (Å²) in [6.07, 6.45) is 2.01. The molecule has 1 aromatic heterocycles. The lowest BCUT2D eigenvalue weighted by atomic mass is 10.1. The van der Waals surface area contributed by atoms with Gasteiger partial charge in [0.2, 0.25) is 0 Å². The van der Waals surface area contributed by atoms with Gasteiger partial charge in [-0.2, -0.15) is 0 Å². The Hall–Kier alpha value is -2.44. The number of ether oxygens (including phenoxy) is 1. The third-order valence-electron chi connectivity index (χ3n) is 4.33. The first-order valence-electron chi connectivity index (χ1n) is 9.02. The highest BCUT2D eigenvalue weighted by atomic mass is 16.5. The molecule has 6 nitrogen and oxygen atoms in total. The van der Waals surface area contributed by atoms with Gasteiger partial charge in [-0.05, 0) is 30.2 Å². The van der Waals surface area contributed by atoms with E-state index in [0.717, 1.165) is 37.5 Å². The van der Waals surface area contributed by atoms with Crippen molar-refractivity contribution in [3.63, 3.8) is 0 Å².